The highest BCUT2D eigenvalue weighted by Crippen LogP contribution is 2.23. The van der Waals surface area contributed by atoms with Gasteiger partial charge in [-0.1, -0.05) is 11.6 Å². The zero-order valence-electron chi connectivity index (χ0n) is 8.48. The van der Waals surface area contributed by atoms with E-state index in [1.54, 1.807) is 12.1 Å². The maximum atomic E-state index is 5.78. The molecular formula is C12H11ClN2O. The molecule has 0 heterocycles. The molecule has 0 unspecified atom stereocenters. The number of hydrogen-bond donors (Lipinski definition) is 2. The second-order valence-electron chi connectivity index (χ2n) is 3.22. The van der Waals surface area contributed by atoms with Crippen molar-refractivity contribution in [1.82, 2.24) is 0 Å². The highest BCUT2D eigenvalue weighted by atomic mass is 35.5. The van der Waals surface area contributed by atoms with Crippen LogP contribution in [0.25, 0.3) is 0 Å². The van der Waals surface area contributed by atoms with E-state index in [4.69, 9.17) is 22.2 Å². The van der Waals surface area contributed by atoms with Crippen LogP contribution in [-0.2, 0) is 0 Å². The number of halogens is 1. The first-order valence-corrected chi connectivity index (χ1v) is 5.16. The summed E-state index contributed by atoms with van der Waals surface area (Å²) in [6, 6.07) is 14.6. The molecule has 0 bridgehead atoms. The quantitative estimate of drug-likeness (QED) is 0.632. The molecule has 2 rings (SSSR count). The lowest BCUT2D eigenvalue weighted by molar-refractivity contribution is 0.483. The van der Waals surface area contributed by atoms with Crippen molar-refractivity contribution >= 4 is 17.3 Å². The number of hydrazine groups is 1. The monoisotopic (exact) mass is 234 g/mol. The molecular weight excluding hydrogens is 224 g/mol. The fourth-order valence-corrected chi connectivity index (χ4v) is 1.38. The van der Waals surface area contributed by atoms with E-state index in [1.165, 1.54) is 0 Å². The molecule has 3 nitrogen and oxygen atoms in total. The summed E-state index contributed by atoms with van der Waals surface area (Å²) in [4.78, 5) is 0. The minimum atomic E-state index is 0.690. The summed E-state index contributed by atoms with van der Waals surface area (Å²) >= 11 is 5.78. The Morgan fingerprint density at radius 1 is 0.875 bits per heavy atom. The third kappa shape index (κ3) is 2.66. The molecule has 3 N–H and O–H groups in total. The summed E-state index contributed by atoms with van der Waals surface area (Å²) in [6.45, 7) is 0. The largest absolute Gasteiger partial charge is 0.457 e. The van der Waals surface area contributed by atoms with Gasteiger partial charge in [-0.2, -0.15) is 0 Å². The van der Waals surface area contributed by atoms with Gasteiger partial charge in [-0.05, 0) is 48.5 Å². The summed E-state index contributed by atoms with van der Waals surface area (Å²) in [5, 5.41) is 0.690. The summed E-state index contributed by atoms with van der Waals surface area (Å²) in [6.07, 6.45) is 0. The summed E-state index contributed by atoms with van der Waals surface area (Å²) < 4.78 is 5.61. The number of nitrogens with one attached hydrogen (secondary N) is 1. The number of anilines is 1. The van der Waals surface area contributed by atoms with E-state index in [1.807, 2.05) is 36.4 Å². The van der Waals surface area contributed by atoms with Crippen LogP contribution in [0.5, 0.6) is 11.5 Å². The zero-order chi connectivity index (χ0) is 11.4. The molecule has 2 aromatic carbocycles. The van der Waals surface area contributed by atoms with Crippen molar-refractivity contribution in [3.8, 4) is 11.5 Å². The molecule has 0 radical (unpaired) electrons. The van der Waals surface area contributed by atoms with Gasteiger partial charge >= 0.3 is 0 Å². The fourth-order valence-electron chi connectivity index (χ4n) is 1.26. The van der Waals surface area contributed by atoms with Crippen molar-refractivity contribution in [1.29, 1.82) is 0 Å². The second-order valence-corrected chi connectivity index (χ2v) is 3.66. The Morgan fingerprint density at radius 3 is 1.88 bits per heavy atom. The van der Waals surface area contributed by atoms with Gasteiger partial charge < -0.3 is 10.2 Å². The molecule has 16 heavy (non-hydrogen) atoms. The standard InChI is InChI=1S/C12H11ClN2O/c13-9-1-5-11(6-2-9)16-12-7-3-10(15-14)4-8-12/h1-8,15H,14H2. The van der Waals surface area contributed by atoms with Gasteiger partial charge in [-0.3, -0.25) is 5.84 Å². The SMILES string of the molecule is NNc1ccc(Oc2ccc(Cl)cc2)cc1. The molecule has 0 aromatic heterocycles. The van der Waals surface area contributed by atoms with Crippen LogP contribution in [0.2, 0.25) is 5.02 Å². The van der Waals surface area contributed by atoms with Crippen LogP contribution in [0, 0.1) is 0 Å². The molecule has 0 aliphatic heterocycles. The molecule has 0 atom stereocenters. The first-order valence-electron chi connectivity index (χ1n) is 4.78. The van der Waals surface area contributed by atoms with E-state index in [0.717, 1.165) is 17.2 Å². The van der Waals surface area contributed by atoms with Crippen LogP contribution in [0.1, 0.15) is 0 Å². The van der Waals surface area contributed by atoms with E-state index in [2.05, 4.69) is 5.43 Å². The van der Waals surface area contributed by atoms with Crippen molar-refractivity contribution in [3.63, 3.8) is 0 Å². The maximum absolute atomic E-state index is 5.78. The van der Waals surface area contributed by atoms with Crippen LogP contribution in [0.15, 0.2) is 48.5 Å². The molecule has 0 aliphatic rings. The number of rotatable bonds is 3. The highest BCUT2D eigenvalue weighted by Gasteiger charge is 1.97. The highest BCUT2D eigenvalue weighted by molar-refractivity contribution is 6.30. The lowest BCUT2D eigenvalue weighted by atomic mass is 10.3. The van der Waals surface area contributed by atoms with Crippen LogP contribution >= 0.6 is 11.6 Å². The molecule has 2 aromatic rings. The van der Waals surface area contributed by atoms with Crippen LogP contribution in [-0.4, -0.2) is 0 Å². The Bertz CT molecular complexity index is 453. The molecule has 4 heteroatoms. The third-order valence-electron chi connectivity index (χ3n) is 2.07. The van der Waals surface area contributed by atoms with Crippen LogP contribution in [0.4, 0.5) is 5.69 Å². The van der Waals surface area contributed by atoms with Gasteiger partial charge in [0.15, 0.2) is 0 Å². The predicted octanol–water partition coefficient (Wildman–Crippen LogP) is 3.42. The Hall–Kier alpha value is -1.71. The molecule has 0 amide bonds. The summed E-state index contributed by atoms with van der Waals surface area (Å²) in [7, 11) is 0. The molecule has 82 valence electrons. The van der Waals surface area contributed by atoms with E-state index < -0.39 is 0 Å². The van der Waals surface area contributed by atoms with Crippen molar-refractivity contribution < 1.29 is 4.74 Å². The minimum Gasteiger partial charge on any atom is -0.457 e. The van der Waals surface area contributed by atoms with Crippen molar-refractivity contribution in [2.45, 2.75) is 0 Å². The normalized spacial score (nSPS) is 9.88. The van der Waals surface area contributed by atoms with Crippen molar-refractivity contribution in [2.75, 3.05) is 5.43 Å². The van der Waals surface area contributed by atoms with Gasteiger partial charge in [0.05, 0.1) is 0 Å². The Morgan fingerprint density at radius 2 is 1.38 bits per heavy atom. The topological polar surface area (TPSA) is 47.3 Å². The number of nitrogen functional groups attached to an aromatic ring is 1. The molecule has 0 saturated heterocycles. The van der Waals surface area contributed by atoms with Gasteiger partial charge in [0.1, 0.15) is 11.5 Å². The zero-order valence-corrected chi connectivity index (χ0v) is 9.24. The lowest BCUT2D eigenvalue weighted by Gasteiger charge is -2.06. The third-order valence-corrected chi connectivity index (χ3v) is 2.32. The average molecular weight is 235 g/mol. The minimum absolute atomic E-state index is 0.690. The predicted molar refractivity (Wildman–Crippen MR) is 65.8 cm³/mol. The number of ether oxygens (including phenoxy) is 1. The van der Waals surface area contributed by atoms with Gasteiger partial charge in [-0.25, -0.2) is 0 Å². The van der Waals surface area contributed by atoms with Crippen LogP contribution in [0.3, 0.4) is 0 Å². The van der Waals surface area contributed by atoms with E-state index >= 15 is 0 Å². The van der Waals surface area contributed by atoms with Gasteiger partial charge in [0, 0.05) is 10.7 Å². The molecule has 0 spiro atoms. The number of nitrogens with two attached hydrogens (primary N) is 1. The van der Waals surface area contributed by atoms with E-state index in [0.29, 0.717) is 5.02 Å². The molecule has 0 saturated carbocycles. The molecule has 0 fully saturated rings. The Labute approximate surface area is 98.8 Å². The van der Waals surface area contributed by atoms with Crippen molar-refractivity contribution in [3.05, 3.63) is 53.6 Å². The number of benzene rings is 2. The van der Waals surface area contributed by atoms with Crippen molar-refractivity contribution in [2.24, 2.45) is 5.84 Å². The van der Waals surface area contributed by atoms with Gasteiger partial charge in [0.2, 0.25) is 0 Å². The lowest BCUT2D eigenvalue weighted by Crippen LogP contribution is -2.05. The van der Waals surface area contributed by atoms with Crippen LogP contribution < -0.4 is 16.0 Å². The first-order chi connectivity index (χ1) is 7.78. The average Bonchev–Trinajstić information content (AvgIpc) is 2.33. The summed E-state index contributed by atoms with van der Waals surface area (Å²) in [5.41, 5.74) is 3.39. The van der Waals surface area contributed by atoms with E-state index in [9.17, 15) is 0 Å². The maximum Gasteiger partial charge on any atom is 0.127 e. The Balaban J connectivity index is 2.11. The number of hydrogen-bond acceptors (Lipinski definition) is 3. The van der Waals surface area contributed by atoms with E-state index in [-0.39, 0.29) is 0 Å². The Kier molecular flexibility index (Phi) is 3.29. The fraction of sp³-hybridized carbons (Fsp3) is 0. The summed E-state index contributed by atoms with van der Waals surface area (Å²) in [5.74, 6) is 6.76. The molecule has 0 aliphatic carbocycles. The first kappa shape index (κ1) is 10.8. The van der Waals surface area contributed by atoms with Gasteiger partial charge in [0.25, 0.3) is 0 Å². The second kappa shape index (κ2) is 4.88. The smallest absolute Gasteiger partial charge is 0.127 e. The van der Waals surface area contributed by atoms with Gasteiger partial charge in [-0.15, -0.1) is 0 Å².